The molecule has 0 amide bonds. The van der Waals surface area contributed by atoms with E-state index in [2.05, 4.69) is 25.8 Å². The Kier molecular flexibility index (Phi) is 2.09. The fourth-order valence-corrected chi connectivity index (χ4v) is 1.12. The summed E-state index contributed by atoms with van der Waals surface area (Å²) in [5, 5.41) is 18.7. The second-order valence-electron chi connectivity index (χ2n) is 2.75. The Morgan fingerprint density at radius 1 is 1.36 bits per heavy atom. The lowest BCUT2D eigenvalue weighted by atomic mass is 10.5. The van der Waals surface area contributed by atoms with Crippen LogP contribution in [0.15, 0.2) is 6.20 Å². The summed E-state index contributed by atoms with van der Waals surface area (Å²) in [5.74, 6) is 1.12. The first-order chi connectivity index (χ1) is 6.79. The molecule has 0 saturated heterocycles. The van der Waals surface area contributed by atoms with E-state index in [0.717, 1.165) is 12.4 Å². The van der Waals surface area contributed by atoms with Crippen molar-refractivity contribution in [2.45, 2.75) is 20.0 Å². The molecule has 0 aliphatic carbocycles. The molecule has 0 aliphatic heterocycles. The lowest BCUT2D eigenvalue weighted by molar-refractivity contribution is 0.552. The number of anilines is 1. The molecule has 2 aromatic rings. The van der Waals surface area contributed by atoms with E-state index in [1.807, 2.05) is 6.92 Å². The van der Waals surface area contributed by atoms with E-state index in [4.69, 9.17) is 5.73 Å². The Bertz CT molecular complexity index is 415. The minimum absolute atomic E-state index is 0.389. The first kappa shape index (κ1) is 8.60. The maximum Gasteiger partial charge on any atom is 0.172 e. The van der Waals surface area contributed by atoms with Gasteiger partial charge in [0.15, 0.2) is 11.6 Å². The van der Waals surface area contributed by atoms with E-state index < -0.39 is 0 Å². The van der Waals surface area contributed by atoms with Gasteiger partial charge in [-0.2, -0.15) is 0 Å². The van der Waals surface area contributed by atoms with Crippen LogP contribution in [0.4, 0.5) is 5.82 Å². The summed E-state index contributed by atoms with van der Waals surface area (Å²) in [4.78, 5) is 0. The van der Waals surface area contributed by atoms with Crippen molar-refractivity contribution < 1.29 is 0 Å². The highest BCUT2D eigenvalue weighted by molar-refractivity contribution is 5.19. The molecule has 0 spiro atoms. The second-order valence-corrected chi connectivity index (χ2v) is 2.75. The van der Waals surface area contributed by atoms with Crippen molar-refractivity contribution in [2.24, 2.45) is 0 Å². The Balaban J connectivity index is 2.18. The molecule has 0 bridgehead atoms. The van der Waals surface area contributed by atoms with E-state index in [-0.39, 0.29) is 0 Å². The summed E-state index contributed by atoms with van der Waals surface area (Å²) >= 11 is 0. The van der Waals surface area contributed by atoms with Crippen LogP contribution in [-0.4, -0.2) is 35.2 Å². The van der Waals surface area contributed by atoms with Gasteiger partial charge in [-0.25, -0.2) is 9.36 Å². The first-order valence-corrected chi connectivity index (χ1v) is 4.20. The Labute approximate surface area is 79.7 Å². The van der Waals surface area contributed by atoms with Crippen LogP contribution in [0.3, 0.4) is 0 Å². The summed E-state index contributed by atoms with van der Waals surface area (Å²) in [6.07, 6.45) is 1.63. The SMILES string of the molecule is CCn1nnnc1Cn1cc(N)nn1. The van der Waals surface area contributed by atoms with Gasteiger partial charge in [0.25, 0.3) is 0 Å². The lowest BCUT2D eigenvalue weighted by Gasteiger charge is -1.99. The Hall–Kier alpha value is -1.99. The van der Waals surface area contributed by atoms with Gasteiger partial charge in [0, 0.05) is 6.54 Å². The molecular formula is C6H10N8. The van der Waals surface area contributed by atoms with Crippen LogP contribution in [0.2, 0.25) is 0 Å². The number of hydrogen-bond acceptors (Lipinski definition) is 6. The Morgan fingerprint density at radius 3 is 2.86 bits per heavy atom. The van der Waals surface area contributed by atoms with E-state index in [1.54, 1.807) is 15.6 Å². The fourth-order valence-electron chi connectivity index (χ4n) is 1.12. The number of aromatic nitrogens is 7. The van der Waals surface area contributed by atoms with Crippen LogP contribution in [-0.2, 0) is 13.1 Å². The highest BCUT2D eigenvalue weighted by Gasteiger charge is 2.05. The third-order valence-corrected chi connectivity index (χ3v) is 1.77. The number of nitrogens with zero attached hydrogens (tertiary/aromatic N) is 7. The maximum absolute atomic E-state index is 5.43. The molecule has 8 heteroatoms. The monoisotopic (exact) mass is 194 g/mol. The topological polar surface area (TPSA) is 100 Å². The molecule has 0 aliphatic rings. The molecular weight excluding hydrogens is 184 g/mol. The normalized spacial score (nSPS) is 10.6. The predicted octanol–water partition coefficient (Wildman–Crippen LogP) is -1.08. The van der Waals surface area contributed by atoms with E-state index in [1.165, 1.54) is 0 Å². The lowest BCUT2D eigenvalue weighted by Crippen LogP contribution is -2.09. The standard InChI is InChI=1S/C6H10N8/c1-2-14-6(9-10-12-14)4-13-3-5(7)8-11-13/h3H,2,4,7H2,1H3. The molecule has 2 heterocycles. The average molecular weight is 194 g/mol. The van der Waals surface area contributed by atoms with Crippen molar-refractivity contribution in [1.29, 1.82) is 0 Å². The van der Waals surface area contributed by atoms with Crippen LogP contribution in [0.25, 0.3) is 0 Å². The summed E-state index contributed by atoms with van der Waals surface area (Å²) < 4.78 is 3.28. The van der Waals surface area contributed by atoms with Crippen LogP contribution in [0.5, 0.6) is 0 Å². The third kappa shape index (κ3) is 1.53. The van der Waals surface area contributed by atoms with Crippen molar-refractivity contribution in [1.82, 2.24) is 35.2 Å². The van der Waals surface area contributed by atoms with Gasteiger partial charge >= 0.3 is 0 Å². The van der Waals surface area contributed by atoms with Crippen molar-refractivity contribution in [3.05, 3.63) is 12.0 Å². The molecule has 0 aromatic carbocycles. The van der Waals surface area contributed by atoms with Crippen LogP contribution in [0.1, 0.15) is 12.7 Å². The van der Waals surface area contributed by atoms with Gasteiger partial charge in [-0.1, -0.05) is 5.21 Å². The van der Waals surface area contributed by atoms with Gasteiger partial charge < -0.3 is 5.73 Å². The molecule has 0 unspecified atom stereocenters. The van der Waals surface area contributed by atoms with Crippen molar-refractivity contribution in [3.63, 3.8) is 0 Å². The molecule has 0 fully saturated rings. The van der Waals surface area contributed by atoms with Gasteiger partial charge in [0.2, 0.25) is 0 Å². The molecule has 0 radical (unpaired) electrons. The van der Waals surface area contributed by atoms with Gasteiger partial charge in [0.05, 0.1) is 6.20 Å². The van der Waals surface area contributed by atoms with Crippen molar-refractivity contribution in [3.8, 4) is 0 Å². The number of hydrogen-bond donors (Lipinski definition) is 1. The van der Waals surface area contributed by atoms with Gasteiger partial charge in [-0.05, 0) is 17.4 Å². The van der Waals surface area contributed by atoms with E-state index in [9.17, 15) is 0 Å². The molecule has 14 heavy (non-hydrogen) atoms. The van der Waals surface area contributed by atoms with Crippen molar-refractivity contribution in [2.75, 3.05) is 5.73 Å². The van der Waals surface area contributed by atoms with Crippen LogP contribution < -0.4 is 5.73 Å². The van der Waals surface area contributed by atoms with Crippen molar-refractivity contribution >= 4 is 5.82 Å². The smallest absolute Gasteiger partial charge is 0.172 e. The zero-order chi connectivity index (χ0) is 9.97. The molecule has 2 aromatic heterocycles. The van der Waals surface area contributed by atoms with Gasteiger partial charge in [-0.3, -0.25) is 0 Å². The number of aryl methyl sites for hydroxylation is 1. The van der Waals surface area contributed by atoms with Crippen LogP contribution in [0, 0.1) is 0 Å². The summed E-state index contributed by atoms with van der Waals surface area (Å²) in [5.41, 5.74) is 5.43. The minimum atomic E-state index is 0.389. The van der Waals surface area contributed by atoms with Gasteiger partial charge in [0.1, 0.15) is 6.54 Å². The molecule has 0 saturated carbocycles. The number of nitrogen functional groups attached to an aromatic ring is 1. The third-order valence-electron chi connectivity index (χ3n) is 1.77. The van der Waals surface area contributed by atoms with Crippen LogP contribution >= 0.6 is 0 Å². The number of tetrazole rings is 1. The summed E-state index contributed by atoms with van der Waals surface area (Å²) in [6.45, 7) is 3.17. The molecule has 2 rings (SSSR count). The predicted molar refractivity (Wildman–Crippen MR) is 47.0 cm³/mol. The average Bonchev–Trinajstić information content (AvgIpc) is 2.76. The minimum Gasteiger partial charge on any atom is -0.381 e. The zero-order valence-corrected chi connectivity index (χ0v) is 7.70. The summed E-state index contributed by atoms with van der Waals surface area (Å²) in [6, 6.07) is 0. The maximum atomic E-state index is 5.43. The highest BCUT2D eigenvalue weighted by Crippen LogP contribution is 1.98. The number of nitrogens with two attached hydrogens (primary N) is 1. The molecule has 8 nitrogen and oxygen atoms in total. The quantitative estimate of drug-likeness (QED) is 0.666. The van der Waals surface area contributed by atoms with Gasteiger partial charge in [-0.15, -0.1) is 10.2 Å². The Morgan fingerprint density at radius 2 is 2.21 bits per heavy atom. The first-order valence-electron chi connectivity index (χ1n) is 4.20. The van der Waals surface area contributed by atoms with E-state index in [0.29, 0.717) is 12.4 Å². The van der Waals surface area contributed by atoms with E-state index >= 15 is 0 Å². The highest BCUT2D eigenvalue weighted by atomic mass is 15.6. The molecule has 2 N–H and O–H groups in total. The fraction of sp³-hybridized carbons (Fsp3) is 0.500. The second kappa shape index (κ2) is 3.40. The number of rotatable bonds is 3. The largest absolute Gasteiger partial charge is 0.381 e. The zero-order valence-electron chi connectivity index (χ0n) is 7.70. The molecule has 74 valence electrons. The molecule has 0 atom stereocenters. The summed E-state index contributed by atoms with van der Waals surface area (Å²) in [7, 11) is 0.